The lowest BCUT2D eigenvalue weighted by molar-refractivity contribution is -0.139. The summed E-state index contributed by atoms with van der Waals surface area (Å²) < 4.78 is 0. The number of imide groups is 1. The van der Waals surface area contributed by atoms with Crippen LogP contribution in [0.25, 0.3) is 0 Å². The lowest BCUT2D eigenvalue weighted by atomic mass is 9.59. The molecule has 32 heavy (non-hydrogen) atoms. The minimum Gasteiger partial charge on any atom is -0.507 e. The van der Waals surface area contributed by atoms with E-state index in [1.165, 1.54) is 11.0 Å². The van der Waals surface area contributed by atoms with E-state index in [4.69, 9.17) is 0 Å². The van der Waals surface area contributed by atoms with Gasteiger partial charge in [0.25, 0.3) is 0 Å². The van der Waals surface area contributed by atoms with Crippen molar-refractivity contribution < 1.29 is 24.3 Å². The Balaban J connectivity index is 1.73. The first-order valence-corrected chi connectivity index (χ1v) is 11.1. The van der Waals surface area contributed by atoms with Gasteiger partial charge in [0.05, 0.1) is 11.8 Å². The van der Waals surface area contributed by atoms with E-state index in [2.05, 4.69) is 0 Å². The summed E-state index contributed by atoms with van der Waals surface area (Å²) in [6.45, 7) is 5.53. The van der Waals surface area contributed by atoms with E-state index in [1.807, 2.05) is 12.1 Å². The molecule has 3 aliphatic carbocycles. The zero-order valence-electron chi connectivity index (χ0n) is 18.3. The van der Waals surface area contributed by atoms with Crippen molar-refractivity contribution in [3.8, 4) is 5.75 Å². The van der Waals surface area contributed by atoms with Crippen LogP contribution >= 0.6 is 0 Å². The molecule has 0 unspecified atom stereocenters. The Hall–Kier alpha value is -3.28. The van der Waals surface area contributed by atoms with E-state index in [1.54, 1.807) is 32.9 Å². The number of hydrogen-bond donors (Lipinski definition) is 1. The number of allylic oxidation sites excluding steroid dienone is 6. The highest BCUT2D eigenvalue weighted by molar-refractivity contribution is 6.24. The fourth-order valence-electron chi connectivity index (χ4n) is 6.01. The molecule has 1 heterocycles. The van der Waals surface area contributed by atoms with Crippen LogP contribution in [0.2, 0.25) is 0 Å². The Labute approximate surface area is 186 Å². The number of para-hydroxylation sites is 1. The van der Waals surface area contributed by atoms with E-state index >= 15 is 0 Å². The minimum absolute atomic E-state index is 0.0875. The van der Waals surface area contributed by atoms with Gasteiger partial charge in [0.15, 0.2) is 11.6 Å². The first kappa shape index (κ1) is 20.6. The van der Waals surface area contributed by atoms with Gasteiger partial charge >= 0.3 is 0 Å². The molecule has 1 saturated heterocycles. The second-order valence-electron chi connectivity index (χ2n) is 9.16. The average molecular weight is 431 g/mol. The monoisotopic (exact) mass is 431 g/mol. The Morgan fingerprint density at radius 1 is 1.06 bits per heavy atom. The molecule has 4 atom stereocenters. The predicted molar refractivity (Wildman–Crippen MR) is 117 cm³/mol. The molecule has 0 aromatic heterocycles. The van der Waals surface area contributed by atoms with Crippen molar-refractivity contribution in [3.63, 3.8) is 0 Å². The number of likely N-dealkylation sites (tertiary alicyclic amines) is 1. The van der Waals surface area contributed by atoms with E-state index in [0.717, 1.165) is 5.57 Å². The number of amides is 2. The summed E-state index contributed by atoms with van der Waals surface area (Å²) in [7, 11) is 0. The maximum atomic E-state index is 13.3. The first-order chi connectivity index (χ1) is 15.3. The number of rotatable bonds is 2. The topological polar surface area (TPSA) is 91.8 Å². The van der Waals surface area contributed by atoms with Gasteiger partial charge in [-0.2, -0.15) is 0 Å². The number of aryl methyl sites for hydroxylation is 1. The highest BCUT2D eigenvalue weighted by atomic mass is 16.3. The van der Waals surface area contributed by atoms with Crippen molar-refractivity contribution in [3.05, 3.63) is 63.8 Å². The number of fused-ring (bicyclic) bond motifs is 3. The highest BCUT2D eigenvalue weighted by Crippen LogP contribution is 2.56. The van der Waals surface area contributed by atoms with Crippen LogP contribution in [0.5, 0.6) is 5.75 Å². The summed E-state index contributed by atoms with van der Waals surface area (Å²) >= 11 is 0. The van der Waals surface area contributed by atoms with E-state index in [-0.39, 0.29) is 41.5 Å². The van der Waals surface area contributed by atoms with Crippen molar-refractivity contribution >= 4 is 23.4 Å². The molecule has 0 bridgehead atoms. The smallest absolute Gasteiger partial charge is 0.233 e. The summed E-state index contributed by atoms with van der Waals surface area (Å²) in [5.41, 5.74) is 3.29. The second-order valence-corrected chi connectivity index (χ2v) is 9.16. The molecule has 6 heteroatoms. The fourth-order valence-corrected chi connectivity index (χ4v) is 6.01. The summed E-state index contributed by atoms with van der Waals surface area (Å²) in [5, 5.41) is 10.9. The van der Waals surface area contributed by atoms with Crippen molar-refractivity contribution in [1.29, 1.82) is 0 Å². The van der Waals surface area contributed by atoms with Crippen LogP contribution in [0.15, 0.2) is 52.6 Å². The quantitative estimate of drug-likeness (QED) is 0.441. The molecule has 1 fully saturated rings. The standard InChI is InChI=1S/C26H25NO5/c1-4-27-25(31)16-9-8-14-17(21(16)26(27)32)11-18-19(28)10-13(3)24(30)22(18)20(14)15-7-5-6-12(2)23(15)29/h5-8,10,16-17,20-21,29H,4,9,11H2,1-3H3/t16-,17+,20+,21-/m0/s1. The molecule has 1 aromatic rings. The molecule has 1 N–H and O–H groups in total. The molecule has 164 valence electrons. The van der Waals surface area contributed by atoms with Crippen LogP contribution in [-0.4, -0.2) is 39.9 Å². The van der Waals surface area contributed by atoms with Crippen LogP contribution in [0.3, 0.4) is 0 Å². The summed E-state index contributed by atoms with van der Waals surface area (Å²) in [6.07, 6.45) is 4.01. The third-order valence-corrected chi connectivity index (χ3v) is 7.55. The summed E-state index contributed by atoms with van der Waals surface area (Å²) in [5.74, 6) is -2.63. The Kier molecular flexibility index (Phi) is 4.59. The maximum absolute atomic E-state index is 13.3. The molecule has 2 amide bonds. The normalized spacial score (nSPS) is 29.5. The van der Waals surface area contributed by atoms with Crippen molar-refractivity contribution in [2.75, 3.05) is 6.54 Å². The van der Waals surface area contributed by atoms with Crippen molar-refractivity contribution in [2.45, 2.75) is 39.5 Å². The number of benzene rings is 1. The number of Topliss-reactive ketones (excluding diaryl/α,β-unsaturated/α-hetero) is 1. The number of carbonyl (C=O) groups is 4. The Bertz CT molecular complexity index is 1200. The van der Waals surface area contributed by atoms with Gasteiger partial charge in [0.2, 0.25) is 11.8 Å². The maximum Gasteiger partial charge on any atom is 0.233 e. The van der Waals surface area contributed by atoms with Gasteiger partial charge < -0.3 is 5.11 Å². The molecule has 6 nitrogen and oxygen atoms in total. The van der Waals surface area contributed by atoms with Gasteiger partial charge in [-0.15, -0.1) is 0 Å². The number of nitrogens with zero attached hydrogens (tertiary/aromatic N) is 1. The number of carbonyl (C=O) groups excluding carboxylic acids is 4. The number of ketones is 2. The van der Waals surface area contributed by atoms with Crippen LogP contribution in [-0.2, 0) is 19.2 Å². The van der Waals surface area contributed by atoms with Gasteiger partial charge in [-0.1, -0.05) is 29.8 Å². The fraction of sp³-hybridized carbons (Fsp3) is 0.385. The number of phenolic OH excluding ortho intramolecular Hbond substituents is 1. The molecule has 0 saturated carbocycles. The Morgan fingerprint density at radius 3 is 2.53 bits per heavy atom. The molecular formula is C26H25NO5. The average Bonchev–Trinajstić information content (AvgIpc) is 3.02. The van der Waals surface area contributed by atoms with E-state index in [9.17, 15) is 24.3 Å². The zero-order valence-corrected chi connectivity index (χ0v) is 18.3. The third-order valence-electron chi connectivity index (χ3n) is 7.55. The van der Waals surface area contributed by atoms with Crippen LogP contribution in [0.1, 0.15) is 43.7 Å². The van der Waals surface area contributed by atoms with Gasteiger partial charge in [-0.25, -0.2) is 0 Å². The van der Waals surface area contributed by atoms with Crippen LogP contribution in [0.4, 0.5) is 0 Å². The molecular weight excluding hydrogens is 406 g/mol. The van der Waals surface area contributed by atoms with Crippen LogP contribution < -0.4 is 0 Å². The molecule has 4 aliphatic rings. The number of hydrogen-bond acceptors (Lipinski definition) is 5. The highest BCUT2D eigenvalue weighted by Gasteiger charge is 2.56. The van der Waals surface area contributed by atoms with Gasteiger partial charge in [-0.3, -0.25) is 24.1 Å². The van der Waals surface area contributed by atoms with Crippen molar-refractivity contribution in [1.82, 2.24) is 4.90 Å². The van der Waals surface area contributed by atoms with E-state index < -0.39 is 17.8 Å². The predicted octanol–water partition coefficient (Wildman–Crippen LogP) is 3.15. The van der Waals surface area contributed by atoms with Gasteiger partial charge in [0.1, 0.15) is 5.75 Å². The molecule has 1 aromatic carbocycles. The lowest BCUT2D eigenvalue weighted by Crippen LogP contribution is -2.39. The SMILES string of the molecule is CCN1C(=O)[C@H]2[C@H](CC=C3[C@H](c4cccc(C)c4O)C4=C(C[C@H]32)C(=O)C=C(C)C4=O)C1=O. The second kappa shape index (κ2) is 7.12. The molecule has 1 aliphatic heterocycles. The zero-order chi connectivity index (χ0) is 22.9. The van der Waals surface area contributed by atoms with Gasteiger partial charge in [-0.05, 0) is 51.2 Å². The molecule has 0 spiro atoms. The Morgan fingerprint density at radius 2 is 1.81 bits per heavy atom. The first-order valence-electron chi connectivity index (χ1n) is 11.1. The largest absolute Gasteiger partial charge is 0.507 e. The number of phenols is 1. The third kappa shape index (κ3) is 2.65. The van der Waals surface area contributed by atoms with Crippen molar-refractivity contribution in [2.24, 2.45) is 17.8 Å². The van der Waals surface area contributed by atoms with Gasteiger partial charge in [0, 0.05) is 34.7 Å². The number of aromatic hydroxyl groups is 1. The lowest BCUT2D eigenvalue weighted by Gasteiger charge is -2.42. The molecule has 0 radical (unpaired) electrons. The van der Waals surface area contributed by atoms with E-state index in [0.29, 0.717) is 40.8 Å². The molecule has 5 rings (SSSR count). The minimum atomic E-state index is -0.608. The summed E-state index contributed by atoms with van der Waals surface area (Å²) in [6, 6.07) is 5.39. The summed E-state index contributed by atoms with van der Waals surface area (Å²) in [4.78, 5) is 53.7. The van der Waals surface area contributed by atoms with Crippen LogP contribution in [0, 0.1) is 24.7 Å².